The van der Waals surface area contributed by atoms with Gasteiger partial charge >= 0.3 is 0 Å². The average Bonchev–Trinajstić information content (AvgIpc) is 2.63. The lowest BCUT2D eigenvalue weighted by molar-refractivity contribution is -0.125. The Kier molecular flexibility index (Phi) is 4.26. The highest BCUT2D eigenvalue weighted by Gasteiger charge is 2.37. The minimum Gasteiger partial charge on any atom is -0.349 e. The van der Waals surface area contributed by atoms with E-state index in [2.05, 4.69) is 10.3 Å². The van der Waals surface area contributed by atoms with Crippen molar-refractivity contribution in [2.45, 2.75) is 52.5 Å². The van der Waals surface area contributed by atoms with Crippen molar-refractivity contribution in [1.29, 1.82) is 0 Å². The van der Waals surface area contributed by atoms with Crippen LogP contribution in [0.5, 0.6) is 0 Å². The molecular weight excluding hydrogens is 258 g/mol. The number of amides is 1. The third kappa shape index (κ3) is 3.15. The summed E-state index contributed by atoms with van der Waals surface area (Å²) >= 11 is 1.66. The van der Waals surface area contributed by atoms with Gasteiger partial charge < -0.3 is 11.1 Å². The van der Waals surface area contributed by atoms with Crippen molar-refractivity contribution in [3.8, 4) is 0 Å². The van der Waals surface area contributed by atoms with Gasteiger partial charge in [0.2, 0.25) is 5.91 Å². The molecule has 1 saturated carbocycles. The van der Waals surface area contributed by atoms with Gasteiger partial charge in [0.1, 0.15) is 0 Å². The molecule has 1 aliphatic rings. The summed E-state index contributed by atoms with van der Waals surface area (Å²) in [4.78, 5) is 17.7. The molecule has 1 unspecified atom stereocenters. The van der Waals surface area contributed by atoms with Gasteiger partial charge in [-0.25, -0.2) is 4.98 Å². The molecule has 1 amide bonds. The maximum atomic E-state index is 12.1. The van der Waals surface area contributed by atoms with Gasteiger partial charge in [-0.15, -0.1) is 11.3 Å². The fourth-order valence-corrected chi connectivity index (χ4v) is 3.71. The number of hydrogen-bond donors (Lipinski definition) is 2. The zero-order valence-corrected chi connectivity index (χ0v) is 12.8. The van der Waals surface area contributed by atoms with Gasteiger partial charge in [0.25, 0.3) is 0 Å². The summed E-state index contributed by atoms with van der Waals surface area (Å²) in [6.45, 7) is 6.63. The monoisotopic (exact) mass is 281 g/mol. The van der Waals surface area contributed by atoms with Crippen molar-refractivity contribution in [3.63, 3.8) is 0 Å². The van der Waals surface area contributed by atoms with E-state index in [1.165, 1.54) is 6.42 Å². The number of nitrogens with one attached hydrogen (secondary N) is 1. The van der Waals surface area contributed by atoms with E-state index in [0.717, 1.165) is 28.4 Å². The zero-order valence-electron chi connectivity index (χ0n) is 12.0. The Morgan fingerprint density at radius 3 is 2.63 bits per heavy atom. The normalized spacial score (nSPS) is 18.7. The summed E-state index contributed by atoms with van der Waals surface area (Å²) in [7, 11) is 0. The standard InChI is InChI=1S/C14H23N3OS/c1-9-13(19-11(3)16-9)10(2)17-12(18)7-14(8-15)5-4-6-14/h10H,4-8,15H2,1-3H3,(H,17,18). The van der Waals surface area contributed by atoms with Crippen molar-refractivity contribution in [2.75, 3.05) is 6.54 Å². The molecule has 1 atom stereocenters. The van der Waals surface area contributed by atoms with E-state index in [0.29, 0.717) is 13.0 Å². The van der Waals surface area contributed by atoms with Crippen LogP contribution in [0.1, 0.15) is 54.2 Å². The lowest BCUT2D eigenvalue weighted by Gasteiger charge is -2.40. The molecular formula is C14H23N3OS. The van der Waals surface area contributed by atoms with Crippen LogP contribution in [0.3, 0.4) is 0 Å². The Labute approximate surface area is 118 Å². The first-order chi connectivity index (χ1) is 8.96. The lowest BCUT2D eigenvalue weighted by atomic mass is 9.66. The lowest BCUT2D eigenvalue weighted by Crippen LogP contribution is -2.42. The first-order valence-corrected chi connectivity index (χ1v) is 7.71. The third-order valence-corrected chi connectivity index (χ3v) is 5.35. The molecule has 2 rings (SSSR count). The van der Waals surface area contributed by atoms with Gasteiger partial charge in [-0.1, -0.05) is 6.42 Å². The number of carbonyl (C=O) groups excluding carboxylic acids is 1. The summed E-state index contributed by atoms with van der Waals surface area (Å²) in [5.41, 5.74) is 6.89. The van der Waals surface area contributed by atoms with Crippen LogP contribution in [0.15, 0.2) is 0 Å². The molecule has 1 aromatic heterocycles. The minimum absolute atomic E-state index is 0.0357. The van der Waals surface area contributed by atoms with Crippen LogP contribution in [-0.4, -0.2) is 17.4 Å². The van der Waals surface area contributed by atoms with Gasteiger partial charge in [0.15, 0.2) is 0 Å². The second kappa shape index (κ2) is 5.59. The Morgan fingerprint density at radius 1 is 1.53 bits per heavy atom. The van der Waals surface area contributed by atoms with E-state index in [1.54, 1.807) is 11.3 Å². The summed E-state index contributed by atoms with van der Waals surface area (Å²) in [5, 5.41) is 4.13. The summed E-state index contributed by atoms with van der Waals surface area (Å²) in [6.07, 6.45) is 3.94. The largest absolute Gasteiger partial charge is 0.349 e. The molecule has 4 nitrogen and oxygen atoms in total. The van der Waals surface area contributed by atoms with E-state index >= 15 is 0 Å². The number of aryl methyl sites for hydroxylation is 2. The van der Waals surface area contributed by atoms with Crippen LogP contribution in [0.4, 0.5) is 0 Å². The van der Waals surface area contributed by atoms with E-state index in [1.807, 2.05) is 20.8 Å². The van der Waals surface area contributed by atoms with Crippen LogP contribution in [0.2, 0.25) is 0 Å². The maximum Gasteiger partial charge on any atom is 0.221 e. The van der Waals surface area contributed by atoms with E-state index in [4.69, 9.17) is 5.73 Å². The van der Waals surface area contributed by atoms with Gasteiger partial charge in [0.05, 0.1) is 16.7 Å². The quantitative estimate of drug-likeness (QED) is 0.871. The minimum atomic E-state index is 0.0357. The molecule has 0 aliphatic heterocycles. The van der Waals surface area contributed by atoms with Crippen molar-refractivity contribution in [1.82, 2.24) is 10.3 Å². The zero-order chi connectivity index (χ0) is 14.0. The second-order valence-corrected chi connectivity index (χ2v) is 6.94. The highest BCUT2D eigenvalue weighted by atomic mass is 32.1. The Balaban J connectivity index is 1.93. The predicted molar refractivity (Wildman–Crippen MR) is 78.1 cm³/mol. The Morgan fingerprint density at radius 2 is 2.21 bits per heavy atom. The van der Waals surface area contributed by atoms with Crippen LogP contribution < -0.4 is 11.1 Å². The topological polar surface area (TPSA) is 68.0 Å². The average molecular weight is 281 g/mol. The number of carbonyl (C=O) groups is 1. The number of thiazole rings is 1. The Hall–Kier alpha value is -0.940. The maximum absolute atomic E-state index is 12.1. The third-order valence-electron chi connectivity index (χ3n) is 4.09. The molecule has 106 valence electrons. The number of hydrogen-bond acceptors (Lipinski definition) is 4. The number of nitrogens with two attached hydrogens (primary N) is 1. The first-order valence-electron chi connectivity index (χ1n) is 6.89. The molecule has 0 aromatic carbocycles. The van der Waals surface area contributed by atoms with Crippen molar-refractivity contribution >= 4 is 17.2 Å². The predicted octanol–water partition coefficient (Wildman–Crippen LogP) is 2.46. The van der Waals surface area contributed by atoms with E-state index < -0.39 is 0 Å². The first kappa shape index (κ1) is 14.5. The highest BCUT2D eigenvalue weighted by molar-refractivity contribution is 7.11. The molecule has 19 heavy (non-hydrogen) atoms. The molecule has 0 spiro atoms. The SMILES string of the molecule is Cc1nc(C)c(C(C)NC(=O)CC2(CN)CCC2)s1. The van der Waals surface area contributed by atoms with Crippen LogP contribution in [0, 0.1) is 19.3 Å². The molecule has 1 aromatic rings. The van der Waals surface area contributed by atoms with Crippen LogP contribution >= 0.6 is 11.3 Å². The molecule has 3 N–H and O–H groups in total. The molecule has 0 bridgehead atoms. The van der Waals surface area contributed by atoms with Gasteiger partial charge in [-0.05, 0) is 45.6 Å². The number of aromatic nitrogens is 1. The van der Waals surface area contributed by atoms with Crippen molar-refractivity contribution in [2.24, 2.45) is 11.1 Å². The second-order valence-electron chi connectivity index (χ2n) is 5.71. The van der Waals surface area contributed by atoms with Crippen LogP contribution in [-0.2, 0) is 4.79 Å². The molecule has 0 saturated heterocycles. The smallest absolute Gasteiger partial charge is 0.221 e. The number of nitrogens with zero attached hydrogens (tertiary/aromatic N) is 1. The highest BCUT2D eigenvalue weighted by Crippen LogP contribution is 2.43. The van der Waals surface area contributed by atoms with E-state index in [9.17, 15) is 4.79 Å². The molecule has 5 heteroatoms. The fourth-order valence-electron chi connectivity index (χ4n) is 2.78. The van der Waals surface area contributed by atoms with E-state index in [-0.39, 0.29) is 17.4 Å². The number of rotatable bonds is 5. The molecule has 0 radical (unpaired) electrons. The summed E-state index contributed by atoms with van der Waals surface area (Å²) < 4.78 is 0. The molecule has 1 fully saturated rings. The van der Waals surface area contributed by atoms with Crippen molar-refractivity contribution < 1.29 is 4.79 Å². The van der Waals surface area contributed by atoms with Gasteiger partial charge in [0, 0.05) is 11.3 Å². The van der Waals surface area contributed by atoms with Gasteiger partial charge in [-0.3, -0.25) is 4.79 Å². The molecule has 1 aliphatic carbocycles. The fraction of sp³-hybridized carbons (Fsp3) is 0.714. The summed E-state index contributed by atoms with van der Waals surface area (Å²) in [5.74, 6) is 0.114. The Bertz CT molecular complexity index is 460. The van der Waals surface area contributed by atoms with Crippen LogP contribution in [0.25, 0.3) is 0 Å². The van der Waals surface area contributed by atoms with Gasteiger partial charge in [-0.2, -0.15) is 0 Å². The molecule has 1 heterocycles. The van der Waals surface area contributed by atoms with Crippen molar-refractivity contribution in [3.05, 3.63) is 15.6 Å². The summed E-state index contributed by atoms with van der Waals surface area (Å²) in [6, 6.07) is 0.0357.